The third kappa shape index (κ3) is 5.56. The zero-order valence-corrected chi connectivity index (χ0v) is 19.8. The number of hydrogen-bond acceptors (Lipinski definition) is 6. The number of ether oxygens (including phenoxy) is 2. The molecule has 2 aliphatic heterocycles. The van der Waals surface area contributed by atoms with E-state index in [0.717, 1.165) is 12.8 Å². The molecule has 3 heterocycles. The molecule has 33 heavy (non-hydrogen) atoms. The number of nitrogens with zero attached hydrogens (tertiary/aromatic N) is 2. The molecule has 1 aromatic carbocycles. The number of aromatic nitrogens is 1. The summed E-state index contributed by atoms with van der Waals surface area (Å²) in [5.41, 5.74) is 0.638. The molecule has 10 heteroatoms. The van der Waals surface area contributed by atoms with Crippen molar-refractivity contribution in [3.8, 4) is 0 Å². The first-order valence-electron chi connectivity index (χ1n) is 11.3. The summed E-state index contributed by atoms with van der Waals surface area (Å²) in [6.45, 7) is 5.84. The average molecular weight is 478 g/mol. The maximum atomic E-state index is 13.1. The van der Waals surface area contributed by atoms with Crippen LogP contribution in [0.3, 0.4) is 0 Å². The van der Waals surface area contributed by atoms with Crippen molar-refractivity contribution in [1.29, 1.82) is 0 Å². The van der Waals surface area contributed by atoms with Gasteiger partial charge in [0.25, 0.3) is 0 Å². The number of hydrogen-bond donors (Lipinski definition) is 1. The largest absolute Gasteiger partial charge is 0.376 e. The summed E-state index contributed by atoms with van der Waals surface area (Å²) >= 11 is 0. The number of morpholine rings is 1. The van der Waals surface area contributed by atoms with Gasteiger partial charge >= 0.3 is 0 Å². The maximum absolute atomic E-state index is 13.1. The van der Waals surface area contributed by atoms with E-state index in [9.17, 15) is 18.0 Å². The normalized spacial score (nSPS) is 23.7. The van der Waals surface area contributed by atoms with Gasteiger partial charge in [0.1, 0.15) is 12.3 Å². The minimum atomic E-state index is -3.91. The Morgan fingerprint density at radius 1 is 1.15 bits per heavy atom. The summed E-state index contributed by atoms with van der Waals surface area (Å²) in [7, 11) is -3.91. The quantitative estimate of drug-likeness (QED) is 0.645. The Morgan fingerprint density at radius 2 is 1.88 bits per heavy atom. The first-order chi connectivity index (χ1) is 15.7. The van der Waals surface area contributed by atoms with Crippen LogP contribution in [0.5, 0.6) is 0 Å². The predicted octanol–water partition coefficient (Wildman–Crippen LogP) is 1.35. The number of rotatable bonds is 7. The lowest BCUT2D eigenvalue weighted by Crippen LogP contribution is -2.49. The molecule has 0 saturated carbocycles. The molecule has 0 radical (unpaired) electrons. The number of carbonyl (C=O) groups is 2. The fourth-order valence-corrected chi connectivity index (χ4v) is 5.95. The first-order valence-corrected chi connectivity index (χ1v) is 13.0. The summed E-state index contributed by atoms with van der Waals surface area (Å²) in [6.07, 6.45) is 3.11. The second kappa shape index (κ2) is 9.82. The van der Waals surface area contributed by atoms with E-state index in [-0.39, 0.29) is 35.7 Å². The van der Waals surface area contributed by atoms with E-state index in [0.29, 0.717) is 37.1 Å². The number of fused-ring (bicyclic) bond motifs is 1. The highest BCUT2D eigenvalue weighted by Gasteiger charge is 2.28. The van der Waals surface area contributed by atoms with Crippen LogP contribution in [0.1, 0.15) is 26.7 Å². The first kappa shape index (κ1) is 23.7. The molecule has 0 unspecified atom stereocenters. The van der Waals surface area contributed by atoms with Crippen molar-refractivity contribution in [2.45, 2.75) is 56.4 Å². The molecule has 2 fully saturated rings. The van der Waals surface area contributed by atoms with Crippen LogP contribution in [0.2, 0.25) is 0 Å². The second-order valence-corrected chi connectivity index (χ2v) is 10.9. The van der Waals surface area contributed by atoms with Crippen molar-refractivity contribution in [2.24, 2.45) is 0 Å². The van der Waals surface area contributed by atoms with Crippen LogP contribution in [0.25, 0.3) is 10.9 Å². The highest BCUT2D eigenvalue weighted by molar-refractivity contribution is 7.92. The van der Waals surface area contributed by atoms with Gasteiger partial charge in [-0.25, -0.2) is 8.42 Å². The standard InChI is InChI=1S/C23H31N3O6S/c1-16-11-26(12-17(2)32-16)23(28)14-25-13-21(19-7-3-4-8-20(19)25)33(29,30)15-22(27)24-10-18-6-5-9-31-18/h3-4,7-8,13,16-18H,5-6,9-12,14-15H2,1-2H3,(H,24,27)/t16-,17-,18-/m0/s1. The Morgan fingerprint density at radius 3 is 2.58 bits per heavy atom. The summed E-state index contributed by atoms with van der Waals surface area (Å²) in [5.74, 6) is -1.31. The van der Waals surface area contributed by atoms with Crippen LogP contribution >= 0.6 is 0 Å². The van der Waals surface area contributed by atoms with Crippen molar-refractivity contribution < 1.29 is 27.5 Å². The zero-order valence-electron chi connectivity index (χ0n) is 19.0. The zero-order chi connectivity index (χ0) is 23.6. The minimum Gasteiger partial charge on any atom is -0.376 e. The average Bonchev–Trinajstić information content (AvgIpc) is 3.40. The molecule has 0 spiro atoms. The van der Waals surface area contributed by atoms with Gasteiger partial charge in [-0.3, -0.25) is 9.59 Å². The van der Waals surface area contributed by atoms with Gasteiger partial charge in [0.05, 0.1) is 23.2 Å². The Balaban J connectivity index is 1.51. The molecule has 0 bridgehead atoms. The smallest absolute Gasteiger partial charge is 0.242 e. The number of nitrogens with one attached hydrogen (secondary N) is 1. The van der Waals surface area contributed by atoms with Crippen LogP contribution in [-0.2, 0) is 35.4 Å². The van der Waals surface area contributed by atoms with Gasteiger partial charge in [-0.2, -0.15) is 0 Å². The summed E-state index contributed by atoms with van der Waals surface area (Å²) in [4.78, 5) is 27.1. The maximum Gasteiger partial charge on any atom is 0.242 e. The Kier molecular flexibility index (Phi) is 7.06. The van der Waals surface area contributed by atoms with E-state index < -0.39 is 21.5 Å². The number of carbonyl (C=O) groups excluding carboxylic acids is 2. The predicted molar refractivity (Wildman–Crippen MR) is 123 cm³/mol. The van der Waals surface area contributed by atoms with Crippen LogP contribution in [0.15, 0.2) is 35.4 Å². The summed E-state index contributed by atoms with van der Waals surface area (Å²) in [5, 5.41) is 3.17. The van der Waals surface area contributed by atoms with E-state index >= 15 is 0 Å². The van der Waals surface area contributed by atoms with Crippen LogP contribution in [0.4, 0.5) is 0 Å². The second-order valence-electron chi connectivity index (χ2n) is 8.89. The number of para-hydroxylation sites is 1. The van der Waals surface area contributed by atoms with E-state index in [1.165, 1.54) is 6.20 Å². The van der Waals surface area contributed by atoms with E-state index in [2.05, 4.69) is 5.32 Å². The monoisotopic (exact) mass is 477 g/mol. The molecule has 9 nitrogen and oxygen atoms in total. The fraction of sp³-hybridized carbons (Fsp3) is 0.565. The molecule has 1 N–H and O–H groups in total. The molecule has 2 aromatic rings. The van der Waals surface area contributed by atoms with Crippen LogP contribution < -0.4 is 5.32 Å². The van der Waals surface area contributed by atoms with Crippen molar-refractivity contribution >= 4 is 32.6 Å². The fourth-order valence-electron chi connectivity index (χ4n) is 4.55. The van der Waals surface area contributed by atoms with Crippen molar-refractivity contribution in [3.05, 3.63) is 30.5 Å². The van der Waals surface area contributed by atoms with Gasteiger partial charge in [0, 0.05) is 43.3 Å². The van der Waals surface area contributed by atoms with E-state index in [1.54, 1.807) is 33.7 Å². The highest BCUT2D eigenvalue weighted by Crippen LogP contribution is 2.27. The van der Waals surface area contributed by atoms with Crippen LogP contribution in [0, 0.1) is 0 Å². The van der Waals surface area contributed by atoms with Gasteiger partial charge in [0.2, 0.25) is 11.8 Å². The highest BCUT2D eigenvalue weighted by atomic mass is 32.2. The van der Waals surface area contributed by atoms with Crippen LogP contribution in [-0.4, -0.2) is 80.0 Å². The molecule has 2 aliphatic rings. The molecule has 4 rings (SSSR count). The van der Waals surface area contributed by atoms with E-state index in [4.69, 9.17) is 9.47 Å². The SMILES string of the molecule is C[C@H]1CN(C(=O)Cn2cc(S(=O)(=O)CC(=O)NC[C@@H]3CCCO3)c3ccccc32)C[C@H](C)O1. The number of benzene rings is 1. The molecule has 1 aromatic heterocycles. The third-order valence-corrected chi connectivity index (χ3v) is 7.67. The van der Waals surface area contributed by atoms with Crippen molar-refractivity contribution in [3.63, 3.8) is 0 Å². The third-order valence-electron chi connectivity index (χ3n) is 6.04. The number of amides is 2. The van der Waals surface area contributed by atoms with Gasteiger partial charge < -0.3 is 24.3 Å². The van der Waals surface area contributed by atoms with Crippen molar-refractivity contribution in [2.75, 3.05) is 32.0 Å². The summed E-state index contributed by atoms with van der Waals surface area (Å²) < 4.78 is 39.1. The summed E-state index contributed by atoms with van der Waals surface area (Å²) in [6, 6.07) is 7.03. The molecule has 180 valence electrons. The lowest BCUT2D eigenvalue weighted by molar-refractivity contribution is -0.143. The van der Waals surface area contributed by atoms with Gasteiger partial charge in [-0.1, -0.05) is 18.2 Å². The molecular weight excluding hydrogens is 446 g/mol. The van der Waals surface area contributed by atoms with E-state index in [1.807, 2.05) is 13.8 Å². The molecule has 3 atom stereocenters. The van der Waals surface area contributed by atoms with Gasteiger partial charge in [-0.05, 0) is 32.8 Å². The molecule has 2 saturated heterocycles. The molecular formula is C23H31N3O6S. The Bertz CT molecular complexity index is 1110. The number of sulfone groups is 1. The van der Waals surface area contributed by atoms with Crippen molar-refractivity contribution in [1.82, 2.24) is 14.8 Å². The lowest BCUT2D eigenvalue weighted by Gasteiger charge is -2.35. The lowest BCUT2D eigenvalue weighted by atomic mass is 10.2. The minimum absolute atomic E-state index is 0.0146. The van der Waals surface area contributed by atoms with Gasteiger partial charge in [0.15, 0.2) is 9.84 Å². The molecule has 2 amide bonds. The van der Waals surface area contributed by atoms with Gasteiger partial charge in [-0.15, -0.1) is 0 Å². The molecule has 0 aliphatic carbocycles. The Labute approximate surface area is 193 Å². The topological polar surface area (TPSA) is 107 Å². The Hall–Kier alpha value is -2.43.